The van der Waals surface area contributed by atoms with Crippen molar-refractivity contribution >= 4 is 5.91 Å². The van der Waals surface area contributed by atoms with Gasteiger partial charge in [-0.15, -0.1) is 0 Å². The lowest BCUT2D eigenvalue weighted by Crippen LogP contribution is -2.34. The standard InChI is InChI=1S/C15H20N2O3/c1-19-10-9-17-13(16-15(7-8-15)14(17)18)11-5-3-4-6-12(11)20-2/h3-6,13,16H,7-10H2,1-2H3. The first kappa shape index (κ1) is 13.4. The van der Waals surface area contributed by atoms with E-state index in [0.717, 1.165) is 24.2 Å². The Kier molecular flexibility index (Phi) is 3.40. The number of para-hydroxylation sites is 1. The molecule has 108 valence electrons. The van der Waals surface area contributed by atoms with Crippen molar-refractivity contribution in [2.75, 3.05) is 27.4 Å². The molecule has 0 bridgehead atoms. The number of carbonyl (C=O) groups is 1. The molecule has 1 heterocycles. The van der Waals surface area contributed by atoms with E-state index in [9.17, 15) is 4.79 Å². The molecule has 1 unspecified atom stereocenters. The van der Waals surface area contributed by atoms with E-state index in [1.54, 1.807) is 14.2 Å². The van der Waals surface area contributed by atoms with Crippen LogP contribution in [0.5, 0.6) is 5.75 Å². The normalized spacial score (nSPS) is 23.4. The van der Waals surface area contributed by atoms with E-state index >= 15 is 0 Å². The van der Waals surface area contributed by atoms with Crippen LogP contribution in [0.3, 0.4) is 0 Å². The Morgan fingerprint density at radius 3 is 2.75 bits per heavy atom. The molecule has 1 aromatic carbocycles. The Morgan fingerprint density at radius 2 is 2.10 bits per heavy atom. The van der Waals surface area contributed by atoms with Gasteiger partial charge in [-0.05, 0) is 18.9 Å². The Morgan fingerprint density at radius 1 is 1.35 bits per heavy atom. The molecule has 2 aliphatic rings. The minimum atomic E-state index is -0.334. The summed E-state index contributed by atoms with van der Waals surface area (Å²) in [6, 6.07) is 7.83. The quantitative estimate of drug-likeness (QED) is 0.881. The third kappa shape index (κ3) is 2.07. The summed E-state index contributed by atoms with van der Waals surface area (Å²) in [5, 5.41) is 3.48. The minimum absolute atomic E-state index is 0.128. The number of ether oxygens (including phenoxy) is 2. The predicted octanol–water partition coefficient (Wildman–Crippen LogP) is 1.30. The van der Waals surface area contributed by atoms with Crippen LogP contribution in [0.1, 0.15) is 24.6 Å². The molecule has 1 atom stereocenters. The van der Waals surface area contributed by atoms with Crippen LogP contribution >= 0.6 is 0 Å². The molecule has 1 spiro atoms. The van der Waals surface area contributed by atoms with Crippen LogP contribution < -0.4 is 10.1 Å². The molecule has 1 N–H and O–H groups in total. The number of carbonyl (C=O) groups excluding carboxylic acids is 1. The summed E-state index contributed by atoms with van der Waals surface area (Å²) in [4.78, 5) is 14.4. The molecule has 1 amide bonds. The topological polar surface area (TPSA) is 50.8 Å². The van der Waals surface area contributed by atoms with Crippen LogP contribution in [0.25, 0.3) is 0 Å². The number of rotatable bonds is 5. The zero-order valence-electron chi connectivity index (χ0n) is 11.9. The van der Waals surface area contributed by atoms with E-state index in [1.165, 1.54) is 0 Å². The van der Waals surface area contributed by atoms with Crippen LogP contribution in [0.2, 0.25) is 0 Å². The van der Waals surface area contributed by atoms with E-state index in [1.807, 2.05) is 29.2 Å². The highest BCUT2D eigenvalue weighted by atomic mass is 16.5. The smallest absolute Gasteiger partial charge is 0.244 e. The molecule has 3 rings (SSSR count). The third-order valence-corrected chi connectivity index (χ3v) is 4.11. The van der Waals surface area contributed by atoms with Crippen molar-refractivity contribution in [3.8, 4) is 5.75 Å². The fourth-order valence-corrected chi connectivity index (χ4v) is 2.83. The van der Waals surface area contributed by atoms with Gasteiger partial charge in [-0.3, -0.25) is 10.1 Å². The summed E-state index contributed by atoms with van der Waals surface area (Å²) >= 11 is 0. The highest BCUT2D eigenvalue weighted by Crippen LogP contribution is 2.46. The summed E-state index contributed by atoms with van der Waals surface area (Å²) in [7, 11) is 3.31. The molecular weight excluding hydrogens is 256 g/mol. The number of hydrogen-bond acceptors (Lipinski definition) is 4. The second-order valence-electron chi connectivity index (χ2n) is 5.36. The van der Waals surface area contributed by atoms with Gasteiger partial charge in [-0.25, -0.2) is 0 Å². The predicted molar refractivity (Wildman–Crippen MR) is 74.4 cm³/mol. The minimum Gasteiger partial charge on any atom is -0.496 e. The van der Waals surface area contributed by atoms with E-state index < -0.39 is 0 Å². The zero-order valence-corrected chi connectivity index (χ0v) is 11.9. The fraction of sp³-hybridized carbons (Fsp3) is 0.533. The monoisotopic (exact) mass is 276 g/mol. The van der Waals surface area contributed by atoms with Crippen molar-refractivity contribution in [3.63, 3.8) is 0 Å². The molecule has 5 heteroatoms. The SMILES string of the molecule is COCCN1C(=O)C2(CC2)NC1c1ccccc1OC. The maximum Gasteiger partial charge on any atom is 0.244 e. The first-order valence-corrected chi connectivity index (χ1v) is 6.92. The largest absolute Gasteiger partial charge is 0.496 e. The van der Waals surface area contributed by atoms with Crippen molar-refractivity contribution in [1.82, 2.24) is 10.2 Å². The lowest BCUT2D eigenvalue weighted by molar-refractivity contribution is -0.131. The summed E-state index contributed by atoms with van der Waals surface area (Å²) in [5.74, 6) is 0.989. The molecular formula is C15H20N2O3. The summed E-state index contributed by atoms with van der Waals surface area (Å²) in [5.41, 5.74) is 0.669. The van der Waals surface area contributed by atoms with Crippen molar-refractivity contribution in [3.05, 3.63) is 29.8 Å². The van der Waals surface area contributed by atoms with Gasteiger partial charge in [0.1, 0.15) is 17.5 Å². The van der Waals surface area contributed by atoms with Crippen LogP contribution in [0.4, 0.5) is 0 Å². The highest BCUT2D eigenvalue weighted by Gasteiger charge is 2.59. The first-order valence-electron chi connectivity index (χ1n) is 6.92. The lowest BCUT2D eigenvalue weighted by atomic mass is 10.1. The molecule has 1 saturated carbocycles. The van der Waals surface area contributed by atoms with E-state index in [4.69, 9.17) is 9.47 Å². The number of methoxy groups -OCH3 is 2. The van der Waals surface area contributed by atoms with Gasteiger partial charge in [-0.1, -0.05) is 18.2 Å². The Balaban J connectivity index is 1.91. The Bertz CT molecular complexity index is 514. The van der Waals surface area contributed by atoms with Crippen molar-refractivity contribution < 1.29 is 14.3 Å². The average Bonchev–Trinajstić information content (AvgIpc) is 3.21. The van der Waals surface area contributed by atoms with Crippen LogP contribution in [-0.4, -0.2) is 43.7 Å². The summed E-state index contributed by atoms with van der Waals surface area (Å²) in [6.45, 7) is 1.13. The number of hydrogen-bond donors (Lipinski definition) is 1. The Labute approximate surface area is 118 Å². The lowest BCUT2D eigenvalue weighted by Gasteiger charge is -2.25. The van der Waals surface area contributed by atoms with E-state index in [2.05, 4.69) is 5.32 Å². The van der Waals surface area contributed by atoms with Gasteiger partial charge in [0.2, 0.25) is 5.91 Å². The maximum absolute atomic E-state index is 12.5. The van der Waals surface area contributed by atoms with Crippen LogP contribution in [0, 0.1) is 0 Å². The third-order valence-electron chi connectivity index (χ3n) is 4.11. The molecule has 0 radical (unpaired) electrons. The molecule has 5 nitrogen and oxygen atoms in total. The van der Waals surface area contributed by atoms with Gasteiger partial charge in [0.05, 0.1) is 13.7 Å². The average molecular weight is 276 g/mol. The number of amides is 1. The highest BCUT2D eigenvalue weighted by molar-refractivity contribution is 5.92. The van der Waals surface area contributed by atoms with Gasteiger partial charge in [0.15, 0.2) is 0 Å². The van der Waals surface area contributed by atoms with Crippen LogP contribution in [0.15, 0.2) is 24.3 Å². The van der Waals surface area contributed by atoms with Crippen molar-refractivity contribution in [1.29, 1.82) is 0 Å². The van der Waals surface area contributed by atoms with Gasteiger partial charge >= 0.3 is 0 Å². The molecule has 1 aliphatic heterocycles. The van der Waals surface area contributed by atoms with Crippen molar-refractivity contribution in [2.45, 2.75) is 24.5 Å². The Hall–Kier alpha value is -1.59. The van der Waals surface area contributed by atoms with Gasteiger partial charge < -0.3 is 14.4 Å². The molecule has 1 aromatic rings. The van der Waals surface area contributed by atoms with E-state index in [-0.39, 0.29) is 17.6 Å². The van der Waals surface area contributed by atoms with Gasteiger partial charge in [-0.2, -0.15) is 0 Å². The van der Waals surface area contributed by atoms with Crippen LogP contribution in [-0.2, 0) is 9.53 Å². The maximum atomic E-state index is 12.5. The second-order valence-corrected chi connectivity index (χ2v) is 5.36. The first-order chi connectivity index (χ1) is 9.72. The molecule has 1 aliphatic carbocycles. The van der Waals surface area contributed by atoms with E-state index in [0.29, 0.717) is 13.2 Å². The number of benzene rings is 1. The molecule has 1 saturated heterocycles. The van der Waals surface area contributed by atoms with Gasteiger partial charge in [0.25, 0.3) is 0 Å². The van der Waals surface area contributed by atoms with Gasteiger partial charge in [0, 0.05) is 19.2 Å². The summed E-state index contributed by atoms with van der Waals surface area (Å²) < 4.78 is 10.6. The number of nitrogens with zero attached hydrogens (tertiary/aromatic N) is 1. The van der Waals surface area contributed by atoms with Crippen molar-refractivity contribution in [2.24, 2.45) is 0 Å². The molecule has 20 heavy (non-hydrogen) atoms. The second kappa shape index (κ2) is 5.07. The summed E-state index contributed by atoms with van der Waals surface area (Å²) in [6.07, 6.45) is 1.71. The number of nitrogens with one attached hydrogen (secondary N) is 1. The molecule has 2 fully saturated rings. The fourth-order valence-electron chi connectivity index (χ4n) is 2.83. The molecule has 0 aromatic heterocycles. The zero-order chi connectivity index (χ0) is 14.2.